The van der Waals surface area contributed by atoms with Crippen LogP contribution in [0.4, 0.5) is 4.79 Å². The number of carbonyl (C=O) groups is 7. The van der Waals surface area contributed by atoms with Gasteiger partial charge in [0.25, 0.3) is 5.24 Å². The Labute approximate surface area is 440 Å². The molecule has 0 rings (SSSR count). The van der Waals surface area contributed by atoms with Gasteiger partial charge in [-0.1, -0.05) is 117 Å². The fourth-order valence-electron chi connectivity index (χ4n) is 7.61. The highest BCUT2D eigenvalue weighted by molar-refractivity contribution is 8.13. The molecule has 0 saturated heterocycles. The van der Waals surface area contributed by atoms with Gasteiger partial charge in [0.05, 0.1) is 21.7 Å². The quantitative estimate of drug-likeness (QED) is 0.0320. The maximum absolute atomic E-state index is 13.6. The van der Waals surface area contributed by atoms with E-state index in [1.165, 1.54) is 11.8 Å². The van der Waals surface area contributed by atoms with Crippen molar-refractivity contribution in [3.05, 3.63) is 0 Å². The van der Waals surface area contributed by atoms with E-state index in [1.54, 1.807) is 4.90 Å². The molecule has 1 amide bonds. The molecule has 0 unspecified atom stereocenters. The second-order valence-electron chi connectivity index (χ2n) is 22.4. The summed E-state index contributed by atoms with van der Waals surface area (Å²) in [5.41, 5.74) is -3.00. The third kappa shape index (κ3) is 31.4. The molecule has 0 N–H and O–H groups in total. The second kappa shape index (κ2) is 37.3. The average Bonchev–Trinajstić information content (AvgIpc) is 3.30. The van der Waals surface area contributed by atoms with Crippen LogP contribution in [0.3, 0.4) is 0 Å². The number of rotatable bonds is 42. The van der Waals surface area contributed by atoms with Gasteiger partial charge in [-0.15, -0.1) is 0 Å². The van der Waals surface area contributed by atoms with Crippen LogP contribution in [0.1, 0.15) is 218 Å². The third-order valence-corrected chi connectivity index (χ3v) is 13.9. The maximum atomic E-state index is 13.6. The molecule has 72 heavy (non-hydrogen) atoms. The zero-order valence-corrected chi connectivity index (χ0v) is 48.6. The Morgan fingerprint density at radius 2 is 0.708 bits per heavy atom. The van der Waals surface area contributed by atoms with Crippen LogP contribution < -0.4 is 0 Å². The van der Waals surface area contributed by atoms with Crippen molar-refractivity contribution < 1.29 is 62.0 Å². The standard InChI is InChI=1S/C56H102N2O13S/c1-15-19-23-32-53(5,6)48(61)66-40-44(41-67-49(62)54(7,8)33-24-20-16-2)70-46(59)30-27-37-58(52(65)72-39-29-36-57(13)14)38-28-31-47(60)71-45(42-68-50(63)55(9,10)34-25-21-17-3)43-69-51(64)56(11,12)35-26-22-18-4/h44-45H,15-43H2,1-14H3. The number of ether oxygens (including phenoxy) is 6. The number of hydrogen-bond acceptors (Lipinski definition) is 15. The molecule has 0 fully saturated rings. The van der Waals surface area contributed by atoms with Gasteiger partial charge in [-0.05, 0) is 121 Å². The van der Waals surface area contributed by atoms with Crippen molar-refractivity contribution in [2.45, 2.75) is 230 Å². The van der Waals surface area contributed by atoms with E-state index in [4.69, 9.17) is 28.4 Å². The molecule has 0 aromatic heterocycles. The summed E-state index contributed by atoms with van der Waals surface area (Å²) in [5, 5.41) is -0.199. The summed E-state index contributed by atoms with van der Waals surface area (Å²) in [7, 11) is 3.92. The lowest BCUT2D eigenvalue weighted by atomic mass is 9.87. The summed E-state index contributed by atoms with van der Waals surface area (Å²) in [6.07, 6.45) is 13.0. The SMILES string of the molecule is CCCCCC(C)(C)C(=O)OCC(COC(=O)C(C)(C)CCCCC)OC(=O)CCCN(CCCC(=O)OC(COC(=O)C(C)(C)CCCCC)COC(=O)C(C)(C)CCCCC)C(=O)SCCCN(C)C. The number of esters is 6. The minimum atomic E-state index is -1.04. The van der Waals surface area contributed by atoms with Gasteiger partial charge in [-0.25, -0.2) is 0 Å². The Balaban J connectivity index is 6.01. The Hall–Kier alpha value is -3.40. The molecule has 0 aromatic carbocycles. The number of carbonyl (C=O) groups excluding carboxylic acids is 7. The highest BCUT2D eigenvalue weighted by atomic mass is 32.2. The van der Waals surface area contributed by atoms with Crippen molar-refractivity contribution >= 4 is 52.8 Å². The molecule has 0 radical (unpaired) electrons. The molecular weight excluding hydrogens is 941 g/mol. The summed E-state index contributed by atoms with van der Waals surface area (Å²) in [5.74, 6) is -2.34. The highest BCUT2D eigenvalue weighted by Crippen LogP contribution is 2.29. The molecule has 0 aliphatic rings. The normalized spacial score (nSPS) is 12.2. The number of hydrogen-bond donors (Lipinski definition) is 0. The molecule has 420 valence electrons. The number of nitrogens with zero attached hydrogens (tertiary/aromatic N) is 2. The topological polar surface area (TPSA) is 181 Å². The van der Waals surface area contributed by atoms with Crippen LogP contribution in [0.5, 0.6) is 0 Å². The fourth-order valence-corrected chi connectivity index (χ4v) is 8.42. The predicted octanol–water partition coefficient (Wildman–Crippen LogP) is 12.1. The van der Waals surface area contributed by atoms with Gasteiger partial charge >= 0.3 is 35.8 Å². The van der Waals surface area contributed by atoms with Gasteiger partial charge in [-0.3, -0.25) is 33.6 Å². The van der Waals surface area contributed by atoms with Crippen molar-refractivity contribution in [1.82, 2.24) is 9.80 Å². The van der Waals surface area contributed by atoms with E-state index in [1.807, 2.05) is 74.4 Å². The molecule has 15 nitrogen and oxygen atoms in total. The Morgan fingerprint density at radius 1 is 0.417 bits per heavy atom. The number of amides is 1. The van der Waals surface area contributed by atoms with Gasteiger partial charge in [0, 0.05) is 31.7 Å². The van der Waals surface area contributed by atoms with Crippen LogP contribution in [0.15, 0.2) is 0 Å². The highest BCUT2D eigenvalue weighted by Gasteiger charge is 2.35. The molecule has 0 bridgehead atoms. The van der Waals surface area contributed by atoms with E-state index in [2.05, 4.69) is 27.7 Å². The van der Waals surface area contributed by atoms with Crippen LogP contribution >= 0.6 is 11.8 Å². The van der Waals surface area contributed by atoms with E-state index in [0.717, 1.165) is 90.0 Å². The maximum Gasteiger partial charge on any atom is 0.311 e. The third-order valence-electron chi connectivity index (χ3n) is 12.9. The summed E-state index contributed by atoms with van der Waals surface area (Å²) in [6.45, 7) is 23.0. The van der Waals surface area contributed by atoms with Gasteiger partial charge in [-0.2, -0.15) is 0 Å². The first-order valence-corrected chi connectivity index (χ1v) is 28.4. The summed E-state index contributed by atoms with van der Waals surface area (Å²) < 4.78 is 34.3. The lowest BCUT2D eigenvalue weighted by molar-refractivity contribution is -0.173. The zero-order chi connectivity index (χ0) is 54.8. The molecule has 0 heterocycles. The van der Waals surface area contributed by atoms with Crippen molar-refractivity contribution in [2.75, 3.05) is 65.9 Å². The van der Waals surface area contributed by atoms with Crippen molar-refractivity contribution in [3.63, 3.8) is 0 Å². The molecule has 0 atom stereocenters. The first-order valence-electron chi connectivity index (χ1n) is 27.4. The van der Waals surface area contributed by atoms with Crippen LogP contribution in [0, 0.1) is 21.7 Å². The Kier molecular flexibility index (Phi) is 35.6. The minimum absolute atomic E-state index is 0.0789. The van der Waals surface area contributed by atoms with Gasteiger partial charge < -0.3 is 38.2 Å². The molecule has 16 heteroatoms. The average molecular weight is 1040 g/mol. The summed E-state index contributed by atoms with van der Waals surface area (Å²) in [4.78, 5) is 96.8. The number of unbranched alkanes of at least 4 members (excludes halogenated alkanes) is 8. The summed E-state index contributed by atoms with van der Waals surface area (Å²) in [6, 6.07) is 0. The minimum Gasteiger partial charge on any atom is -0.461 e. The second-order valence-corrected chi connectivity index (χ2v) is 23.5. The number of thioether (sulfide) groups is 1. The molecule has 0 aliphatic heterocycles. The van der Waals surface area contributed by atoms with Gasteiger partial charge in [0.2, 0.25) is 0 Å². The monoisotopic (exact) mass is 1040 g/mol. The largest absolute Gasteiger partial charge is 0.461 e. The zero-order valence-electron chi connectivity index (χ0n) is 47.8. The predicted molar refractivity (Wildman–Crippen MR) is 286 cm³/mol. The van der Waals surface area contributed by atoms with Crippen molar-refractivity contribution in [2.24, 2.45) is 21.7 Å². The Morgan fingerprint density at radius 3 is 0.972 bits per heavy atom. The molecular formula is C56H102N2O13S. The van der Waals surface area contributed by atoms with E-state index in [9.17, 15) is 33.6 Å². The molecule has 0 aromatic rings. The van der Waals surface area contributed by atoms with Gasteiger partial charge in [0.1, 0.15) is 26.4 Å². The van der Waals surface area contributed by atoms with E-state index in [0.29, 0.717) is 31.4 Å². The lowest BCUT2D eigenvalue weighted by Gasteiger charge is -2.27. The van der Waals surface area contributed by atoms with Crippen LogP contribution in [0.2, 0.25) is 0 Å². The van der Waals surface area contributed by atoms with E-state index < -0.39 is 69.7 Å². The van der Waals surface area contributed by atoms with Crippen molar-refractivity contribution in [3.8, 4) is 0 Å². The van der Waals surface area contributed by atoms with Gasteiger partial charge in [0.15, 0.2) is 12.2 Å². The van der Waals surface area contributed by atoms with Crippen molar-refractivity contribution in [1.29, 1.82) is 0 Å². The van der Waals surface area contributed by atoms with Crippen LogP contribution in [-0.4, -0.2) is 129 Å². The lowest BCUT2D eigenvalue weighted by Crippen LogP contribution is -2.36. The van der Waals surface area contributed by atoms with E-state index >= 15 is 0 Å². The van der Waals surface area contributed by atoms with Crippen LogP contribution in [-0.2, 0) is 57.2 Å². The smallest absolute Gasteiger partial charge is 0.311 e. The molecule has 0 spiro atoms. The first-order chi connectivity index (χ1) is 33.8. The molecule has 0 aliphatic carbocycles. The van der Waals surface area contributed by atoms with E-state index in [-0.39, 0.29) is 70.4 Å². The summed E-state index contributed by atoms with van der Waals surface area (Å²) >= 11 is 1.17. The Bertz CT molecular complexity index is 1400. The first kappa shape index (κ1) is 68.6. The fraction of sp³-hybridized carbons (Fsp3) is 0.875. The van der Waals surface area contributed by atoms with Crippen LogP contribution in [0.25, 0.3) is 0 Å². The molecule has 0 saturated carbocycles.